The van der Waals surface area contributed by atoms with Crippen LogP contribution in [0.3, 0.4) is 0 Å². The van der Waals surface area contributed by atoms with E-state index < -0.39 is 17.9 Å². The second kappa shape index (κ2) is 6.42. The summed E-state index contributed by atoms with van der Waals surface area (Å²) >= 11 is 0. The maximum absolute atomic E-state index is 10.8. The third kappa shape index (κ3) is 5.19. The van der Waals surface area contributed by atoms with Crippen molar-refractivity contribution in [3.63, 3.8) is 0 Å². The SMILES string of the molecule is COCC[C@@H](CC(=O)OC)C(=O)O. The predicted molar refractivity (Wildman–Crippen MR) is 44.3 cm³/mol. The van der Waals surface area contributed by atoms with Crippen LogP contribution < -0.4 is 0 Å². The van der Waals surface area contributed by atoms with E-state index in [0.717, 1.165) is 0 Å². The van der Waals surface area contributed by atoms with Crippen LogP contribution in [-0.4, -0.2) is 37.9 Å². The molecule has 0 rings (SSSR count). The maximum Gasteiger partial charge on any atom is 0.307 e. The lowest BCUT2D eigenvalue weighted by Crippen LogP contribution is -2.20. The van der Waals surface area contributed by atoms with Crippen LogP contribution >= 0.6 is 0 Å². The fourth-order valence-electron chi connectivity index (χ4n) is 0.857. The predicted octanol–water partition coefficient (Wildman–Crippen LogP) is 0.287. The molecule has 5 nitrogen and oxygen atoms in total. The minimum atomic E-state index is -0.998. The maximum atomic E-state index is 10.8. The Morgan fingerprint density at radius 3 is 2.38 bits per heavy atom. The molecule has 0 fully saturated rings. The van der Waals surface area contributed by atoms with Crippen LogP contribution in [0.1, 0.15) is 12.8 Å². The van der Waals surface area contributed by atoms with Gasteiger partial charge < -0.3 is 14.6 Å². The standard InChI is InChI=1S/C8H14O5/c1-12-4-3-6(8(10)11)5-7(9)13-2/h6H,3-5H2,1-2H3,(H,10,11)/t6-/m0/s1. The van der Waals surface area contributed by atoms with Crippen LogP contribution in [-0.2, 0) is 19.1 Å². The van der Waals surface area contributed by atoms with Crippen molar-refractivity contribution in [2.75, 3.05) is 20.8 Å². The molecule has 0 aliphatic rings. The van der Waals surface area contributed by atoms with E-state index in [-0.39, 0.29) is 6.42 Å². The topological polar surface area (TPSA) is 72.8 Å². The van der Waals surface area contributed by atoms with Crippen LogP contribution in [0.2, 0.25) is 0 Å². The van der Waals surface area contributed by atoms with Crippen molar-refractivity contribution in [1.82, 2.24) is 0 Å². The van der Waals surface area contributed by atoms with Gasteiger partial charge in [0, 0.05) is 13.7 Å². The number of aliphatic carboxylic acids is 1. The van der Waals surface area contributed by atoms with E-state index >= 15 is 0 Å². The van der Waals surface area contributed by atoms with Gasteiger partial charge in [0.05, 0.1) is 19.4 Å². The summed E-state index contributed by atoms with van der Waals surface area (Å²) in [5.74, 6) is -2.22. The highest BCUT2D eigenvalue weighted by molar-refractivity contribution is 5.78. The van der Waals surface area contributed by atoms with Gasteiger partial charge >= 0.3 is 11.9 Å². The summed E-state index contributed by atoms with van der Waals surface area (Å²) < 4.78 is 9.09. The number of carboxylic acid groups (broad SMARTS) is 1. The quantitative estimate of drug-likeness (QED) is 0.609. The van der Waals surface area contributed by atoms with Crippen molar-refractivity contribution >= 4 is 11.9 Å². The van der Waals surface area contributed by atoms with E-state index in [1.54, 1.807) is 0 Å². The molecule has 0 aliphatic carbocycles. The number of esters is 1. The fourth-order valence-corrected chi connectivity index (χ4v) is 0.857. The van der Waals surface area contributed by atoms with Gasteiger partial charge in [-0.05, 0) is 6.42 Å². The molecule has 0 spiro atoms. The van der Waals surface area contributed by atoms with Crippen molar-refractivity contribution in [3.8, 4) is 0 Å². The first-order valence-electron chi connectivity index (χ1n) is 3.90. The van der Waals surface area contributed by atoms with Crippen LogP contribution in [0.4, 0.5) is 0 Å². The Kier molecular flexibility index (Phi) is 5.88. The van der Waals surface area contributed by atoms with Crippen LogP contribution in [0, 0.1) is 5.92 Å². The molecular weight excluding hydrogens is 176 g/mol. The average Bonchev–Trinajstić information content (AvgIpc) is 2.11. The van der Waals surface area contributed by atoms with Crippen LogP contribution in [0.25, 0.3) is 0 Å². The van der Waals surface area contributed by atoms with Gasteiger partial charge in [0.15, 0.2) is 0 Å². The number of hydrogen-bond acceptors (Lipinski definition) is 4. The Morgan fingerprint density at radius 2 is 2.00 bits per heavy atom. The molecule has 1 atom stereocenters. The molecule has 0 aromatic heterocycles. The molecule has 0 aliphatic heterocycles. The monoisotopic (exact) mass is 190 g/mol. The number of rotatable bonds is 6. The second-order valence-electron chi connectivity index (χ2n) is 2.60. The van der Waals surface area contributed by atoms with Gasteiger partial charge in [-0.2, -0.15) is 0 Å². The lowest BCUT2D eigenvalue weighted by atomic mass is 10.0. The third-order valence-corrected chi connectivity index (χ3v) is 1.66. The Morgan fingerprint density at radius 1 is 1.38 bits per heavy atom. The lowest BCUT2D eigenvalue weighted by molar-refractivity contribution is -0.150. The number of carbonyl (C=O) groups excluding carboxylic acids is 1. The Balaban J connectivity index is 3.94. The van der Waals surface area contributed by atoms with Gasteiger partial charge in [0.1, 0.15) is 0 Å². The van der Waals surface area contributed by atoms with E-state index in [1.807, 2.05) is 0 Å². The molecule has 1 N–H and O–H groups in total. The minimum absolute atomic E-state index is 0.102. The molecule has 0 saturated heterocycles. The number of carbonyl (C=O) groups is 2. The van der Waals surface area contributed by atoms with Crippen LogP contribution in [0.15, 0.2) is 0 Å². The molecule has 0 radical (unpaired) electrons. The van der Waals surface area contributed by atoms with Crippen molar-refractivity contribution in [3.05, 3.63) is 0 Å². The fraction of sp³-hybridized carbons (Fsp3) is 0.750. The van der Waals surface area contributed by atoms with Crippen molar-refractivity contribution in [2.45, 2.75) is 12.8 Å². The van der Waals surface area contributed by atoms with Crippen LogP contribution in [0.5, 0.6) is 0 Å². The largest absolute Gasteiger partial charge is 0.481 e. The third-order valence-electron chi connectivity index (χ3n) is 1.66. The first-order valence-corrected chi connectivity index (χ1v) is 3.90. The lowest BCUT2D eigenvalue weighted by Gasteiger charge is -2.09. The molecule has 5 heteroatoms. The molecule has 13 heavy (non-hydrogen) atoms. The molecule has 0 aromatic rings. The van der Waals surface area contributed by atoms with E-state index in [1.165, 1.54) is 14.2 Å². The zero-order chi connectivity index (χ0) is 10.3. The smallest absolute Gasteiger partial charge is 0.307 e. The first kappa shape index (κ1) is 11.9. The second-order valence-corrected chi connectivity index (χ2v) is 2.60. The highest BCUT2D eigenvalue weighted by Gasteiger charge is 2.20. The van der Waals surface area contributed by atoms with E-state index in [0.29, 0.717) is 13.0 Å². The average molecular weight is 190 g/mol. The number of ether oxygens (including phenoxy) is 2. The Bertz CT molecular complexity index is 177. The summed E-state index contributed by atoms with van der Waals surface area (Å²) in [5, 5.41) is 8.68. The van der Waals surface area contributed by atoms with Crippen molar-refractivity contribution in [2.24, 2.45) is 5.92 Å². The van der Waals surface area contributed by atoms with E-state index in [2.05, 4.69) is 4.74 Å². The van der Waals surface area contributed by atoms with Gasteiger partial charge in [-0.25, -0.2) is 0 Å². The van der Waals surface area contributed by atoms with Gasteiger partial charge in [0.25, 0.3) is 0 Å². The van der Waals surface area contributed by atoms with Gasteiger partial charge in [-0.15, -0.1) is 0 Å². The molecular formula is C8H14O5. The van der Waals surface area contributed by atoms with E-state index in [4.69, 9.17) is 9.84 Å². The molecule has 0 heterocycles. The molecule has 0 unspecified atom stereocenters. The highest BCUT2D eigenvalue weighted by Crippen LogP contribution is 2.09. The number of methoxy groups -OCH3 is 2. The molecule has 76 valence electrons. The minimum Gasteiger partial charge on any atom is -0.481 e. The summed E-state index contributed by atoms with van der Waals surface area (Å²) in [5.41, 5.74) is 0. The summed E-state index contributed by atoms with van der Waals surface area (Å²) in [4.78, 5) is 21.4. The van der Waals surface area contributed by atoms with Gasteiger partial charge in [-0.1, -0.05) is 0 Å². The van der Waals surface area contributed by atoms with Gasteiger partial charge in [0.2, 0.25) is 0 Å². The summed E-state index contributed by atoms with van der Waals surface area (Å²) in [6.45, 7) is 0.327. The summed E-state index contributed by atoms with van der Waals surface area (Å²) in [6.07, 6.45) is 0.218. The number of hydrogen-bond donors (Lipinski definition) is 1. The Labute approximate surface area is 76.6 Å². The van der Waals surface area contributed by atoms with Crippen molar-refractivity contribution in [1.29, 1.82) is 0 Å². The van der Waals surface area contributed by atoms with Crippen molar-refractivity contribution < 1.29 is 24.2 Å². The normalized spacial score (nSPS) is 12.2. The Hall–Kier alpha value is -1.10. The molecule has 0 amide bonds. The zero-order valence-corrected chi connectivity index (χ0v) is 7.78. The highest BCUT2D eigenvalue weighted by atomic mass is 16.5. The first-order chi connectivity index (χ1) is 6.11. The summed E-state index contributed by atoms with van der Waals surface area (Å²) in [7, 11) is 2.72. The van der Waals surface area contributed by atoms with E-state index in [9.17, 15) is 9.59 Å². The van der Waals surface area contributed by atoms with Gasteiger partial charge in [-0.3, -0.25) is 9.59 Å². The molecule has 0 bridgehead atoms. The summed E-state index contributed by atoms with van der Waals surface area (Å²) in [6, 6.07) is 0. The molecule has 0 saturated carbocycles. The zero-order valence-electron chi connectivity index (χ0n) is 7.78. The number of carboxylic acids is 1. The molecule has 0 aromatic carbocycles.